The summed E-state index contributed by atoms with van der Waals surface area (Å²) in [6.07, 6.45) is 5.15. The van der Waals surface area contributed by atoms with E-state index in [-0.39, 0.29) is 39.9 Å². The molecule has 0 aromatic heterocycles. The Labute approximate surface area is 232 Å². The number of rotatable bonds is 8. The molecule has 208 valence electrons. The van der Waals surface area contributed by atoms with E-state index in [0.717, 1.165) is 38.5 Å². The predicted octanol–water partition coefficient (Wildman–Crippen LogP) is 3.74. The molecule has 0 aliphatic carbocycles. The highest BCUT2D eigenvalue weighted by Gasteiger charge is 2.38. The van der Waals surface area contributed by atoms with Crippen molar-refractivity contribution in [3.63, 3.8) is 0 Å². The Bertz CT molecular complexity index is 1280. The number of ketones is 1. The lowest BCUT2D eigenvalue weighted by Gasteiger charge is -2.23. The number of hydrogen-bond acceptors (Lipinski definition) is 7. The van der Waals surface area contributed by atoms with Gasteiger partial charge < -0.3 is 9.47 Å². The summed E-state index contributed by atoms with van der Waals surface area (Å²) in [7, 11) is 0. The molecule has 0 N–H and O–H groups in total. The van der Waals surface area contributed by atoms with Crippen LogP contribution in [0.25, 0.3) is 0 Å². The molecule has 2 fully saturated rings. The Hall–Kier alpha value is -3.69. The summed E-state index contributed by atoms with van der Waals surface area (Å²) < 4.78 is 10.8. The molecule has 0 radical (unpaired) electrons. The van der Waals surface area contributed by atoms with Gasteiger partial charge in [-0.15, -0.1) is 0 Å². The van der Waals surface area contributed by atoms with Crippen LogP contribution in [0.4, 0.5) is 0 Å². The van der Waals surface area contributed by atoms with Gasteiger partial charge in [0.2, 0.25) is 0 Å². The smallest absolute Gasteiger partial charge is 0.261 e. The lowest BCUT2D eigenvalue weighted by molar-refractivity contribution is 0.0525. The van der Waals surface area contributed by atoms with Crippen LogP contribution in [0.5, 0.6) is 0 Å². The summed E-state index contributed by atoms with van der Waals surface area (Å²) in [6.45, 7) is 3.49. The van der Waals surface area contributed by atoms with Crippen LogP contribution in [0.15, 0.2) is 36.4 Å². The molecule has 0 bridgehead atoms. The standard InChI is InChI=1S/C31H32N2O7/c34-27(21-1-3-23-25(17-21)30(37)32(28(23)35)11-5-19-7-13-39-14-8-19)22-2-4-24-26(18-22)31(38)33(29(24)36)12-6-20-9-15-40-16-10-20/h1-4,17-20H,5-16H2. The molecule has 4 aliphatic heterocycles. The van der Waals surface area contributed by atoms with Crippen molar-refractivity contribution in [2.24, 2.45) is 11.8 Å². The Morgan fingerprint density at radius 2 is 0.975 bits per heavy atom. The van der Waals surface area contributed by atoms with Crippen LogP contribution in [0.1, 0.15) is 95.9 Å². The first-order valence-corrected chi connectivity index (χ1v) is 14.1. The topological polar surface area (TPSA) is 110 Å². The number of carbonyl (C=O) groups is 5. The van der Waals surface area contributed by atoms with E-state index < -0.39 is 11.8 Å². The number of fused-ring (bicyclic) bond motifs is 2. The van der Waals surface area contributed by atoms with E-state index in [1.165, 1.54) is 46.2 Å². The van der Waals surface area contributed by atoms with Gasteiger partial charge in [0.25, 0.3) is 23.6 Å². The van der Waals surface area contributed by atoms with Crippen molar-refractivity contribution >= 4 is 29.4 Å². The highest BCUT2D eigenvalue weighted by Crippen LogP contribution is 2.30. The first-order valence-electron chi connectivity index (χ1n) is 14.1. The number of imide groups is 2. The van der Waals surface area contributed by atoms with Crippen LogP contribution in [0.2, 0.25) is 0 Å². The molecule has 9 nitrogen and oxygen atoms in total. The molecule has 0 unspecified atom stereocenters. The van der Waals surface area contributed by atoms with Crippen molar-refractivity contribution in [1.82, 2.24) is 9.80 Å². The zero-order valence-electron chi connectivity index (χ0n) is 22.4. The Kier molecular flexibility index (Phi) is 7.33. The average Bonchev–Trinajstić information content (AvgIpc) is 3.38. The fraction of sp³-hybridized carbons (Fsp3) is 0.452. The van der Waals surface area contributed by atoms with Gasteiger partial charge in [-0.2, -0.15) is 0 Å². The summed E-state index contributed by atoms with van der Waals surface area (Å²) in [4.78, 5) is 68.0. The van der Waals surface area contributed by atoms with E-state index in [4.69, 9.17) is 9.47 Å². The second-order valence-electron chi connectivity index (χ2n) is 11.1. The summed E-state index contributed by atoms with van der Waals surface area (Å²) in [6, 6.07) is 9.05. The van der Waals surface area contributed by atoms with Crippen LogP contribution in [-0.4, -0.2) is 78.7 Å². The second-order valence-corrected chi connectivity index (χ2v) is 11.1. The van der Waals surface area contributed by atoms with E-state index >= 15 is 0 Å². The van der Waals surface area contributed by atoms with E-state index in [1.54, 1.807) is 0 Å². The number of nitrogens with zero attached hydrogens (tertiary/aromatic N) is 2. The SMILES string of the molecule is O=C(c1ccc2c(c1)C(=O)N(CCC1CCOCC1)C2=O)c1ccc2c(c1)C(=O)N(CCC1CCOCC1)C2=O. The molecule has 0 saturated carbocycles. The Balaban J connectivity index is 1.15. The largest absolute Gasteiger partial charge is 0.381 e. The molecule has 9 heteroatoms. The molecule has 6 rings (SSSR count). The highest BCUT2D eigenvalue weighted by molar-refractivity contribution is 6.24. The molecule has 40 heavy (non-hydrogen) atoms. The van der Waals surface area contributed by atoms with E-state index in [2.05, 4.69) is 0 Å². The monoisotopic (exact) mass is 544 g/mol. The number of carbonyl (C=O) groups excluding carboxylic acids is 5. The van der Waals surface area contributed by atoms with Gasteiger partial charge in [-0.3, -0.25) is 33.8 Å². The zero-order chi connectivity index (χ0) is 27.8. The molecular formula is C31H32N2O7. The van der Waals surface area contributed by atoms with Crippen molar-refractivity contribution in [2.75, 3.05) is 39.5 Å². The van der Waals surface area contributed by atoms with Crippen molar-refractivity contribution in [3.05, 3.63) is 69.8 Å². The number of ether oxygens (including phenoxy) is 2. The summed E-state index contributed by atoms with van der Waals surface area (Å²) in [5, 5.41) is 0. The minimum Gasteiger partial charge on any atom is -0.381 e. The maximum atomic E-state index is 13.4. The van der Waals surface area contributed by atoms with Crippen LogP contribution < -0.4 is 0 Å². The van der Waals surface area contributed by atoms with Crippen molar-refractivity contribution in [1.29, 1.82) is 0 Å². The van der Waals surface area contributed by atoms with Gasteiger partial charge in [-0.25, -0.2) is 0 Å². The fourth-order valence-electron chi connectivity index (χ4n) is 6.13. The lowest BCUT2D eigenvalue weighted by atomic mass is 9.96. The minimum atomic E-state index is -0.392. The Morgan fingerprint density at radius 1 is 0.600 bits per heavy atom. The quantitative estimate of drug-likeness (QED) is 0.368. The maximum Gasteiger partial charge on any atom is 0.261 e. The van der Waals surface area contributed by atoms with Gasteiger partial charge in [0.1, 0.15) is 0 Å². The molecule has 4 amide bonds. The second kappa shape index (κ2) is 11.1. The van der Waals surface area contributed by atoms with Crippen molar-refractivity contribution in [2.45, 2.75) is 38.5 Å². The molecule has 2 saturated heterocycles. The number of hydrogen-bond donors (Lipinski definition) is 0. The first kappa shape index (κ1) is 26.5. The van der Waals surface area contributed by atoms with Gasteiger partial charge in [0.15, 0.2) is 5.78 Å². The third-order valence-electron chi connectivity index (χ3n) is 8.67. The average molecular weight is 545 g/mol. The van der Waals surface area contributed by atoms with Crippen LogP contribution >= 0.6 is 0 Å². The third kappa shape index (κ3) is 4.88. The Morgan fingerprint density at radius 3 is 1.38 bits per heavy atom. The molecule has 4 aliphatic rings. The number of amides is 4. The van der Waals surface area contributed by atoms with E-state index in [1.807, 2.05) is 0 Å². The van der Waals surface area contributed by atoms with Crippen molar-refractivity contribution in [3.8, 4) is 0 Å². The molecule has 2 aromatic carbocycles. The fourth-order valence-corrected chi connectivity index (χ4v) is 6.13. The number of benzene rings is 2. The van der Waals surface area contributed by atoms with Crippen LogP contribution in [-0.2, 0) is 9.47 Å². The van der Waals surface area contributed by atoms with Crippen LogP contribution in [0.3, 0.4) is 0 Å². The summed E-state index contributed by atoms with van der Waals surface area (Å²) in [5.74, 6) is -1.01. The van der Waals surface area contributed by atoms with E-state index in [0.29, 0.717) is 62.5 Å². The third-order valence-corrected chi connectivity index (χ3v) is 8.67. The van der Waals surface area contributed by atoms with Gasteiger partial charge in [0, 0.05) is 50.6 Å². The first-order chi connectivity index (χ1) is 19.4. The van der Waals surface area contributed by atoms with E-state index in [9.17, 15) is 24.0 Å². The van der Waals surface area contributed by atoms with Crippen LogP contribution in [0, 0.1) is 11.8 Å². The molecule has 0 spiro atoms. The van der Waals surface area contributed by atoms with Gasteiger partial charge in [-0.05, 0) is 74.6 Å². The molecular weight excluding hydrogens is 512 g/mol. The van der Waals surface area contributed by atoms with Gasteiger partial charge in [0.05, 0.1) is 22.3 Å². The molecule has 2 aromatic rings. The summed E-state index contributed by atoms with van der Waals surface area (Å²) >= 11 is 0. The summed E-state index contributed by atoms with van der Waals surface area (Å²) in [5.41, 5.74) is 1.52. The normalized spacial score (nSPS) is 19.9. The lowest BCUT2D eigenvalue weighted by Crippen LogP contribution is -2.32. The van der Waals surface area contributed by atoms with Gasteiger partial charge >= 0.3 is 0 Å². The maximum absolute atomic E-state index is 13.4. The zero-order valence-corrected chi connectivity index (χ0v) is 22.4. The highest BCUT2D eigenvalue weighted by atomic mass is 16.5. The molecule has 4 heterocycles. The predicted molar refractivity (Wildman–Crippen MR) is 143 cm³/mol. The molecule has 0 atom stereocenters. The minimum absolute atomic E-state index is 0.217. The van der Waals surface area contributed by atoms with Gasteiger partial charge in [-0.1, -0.05) is 12.1 Å². The van der Waals surface area contributed by atoms with Crippen molar-refractivity contribution < 1.29 is 33.4 Å².